The molecule has 0 saturated heterocycles. The zero-order valence-corrected chi connectivity index (χ0v) is 18.3. The number of carbonyl (C=O) groups is 1. The van der Waals surface area contributed by atoms with Gasteiger partial charge in [-0.25, -0.2) is 4.98 Å². The molecule has 0 radical (unpaired) electrons. The van der Waals surface area contributed by atoms with Crippen LogP contribution in [0, 0.1) is 0 Å². The van der Waals surface area contributed by atoms with Gasteiger partial charge in [0.2, 0.25) is 0 Å². The van der Waals surface area contributed by atoms with Crippen LogP contribution in [0.25, 0.3) is 0 Å². The van der Waals surface area contributed by atoms with Crippen LogP contribution >= 0.6 is 11.3 Å². The van der Waals surface area contributed by atoms with E-state index in [9.17, 15) is 0 Å². The summed E-state index contributed by atoms with van der Waals surface area (Å²) in [5.41, 5.74) is 3.58. The van der Waals surface area contributed by atoms with E-state index < -0.39 is 5.54 Å². The summed E-state index contributed by atoms with van der Waals surface area (Å²) in [6.45, 7) is -0.250. The van der Waals surface area contributed by atoms with Crippen molar-refractivity contribution in [3.05, 3.63) is 119 Å². The summed E-state index contributed by atoms with van der Waals surface area (Å²) in [6.07, 6.45) is 1.61. The topological polar surface area (TPSA) is 83.8 Å². The van der Waals surface area contributed by atoms with Gasteiger partial charge in [0.15, 0.2) is 5.13 Å². The number of nitrogens with one attached hydrogen (secondary N) is 1. The molecule has 0 unspecified atom stereocenters. The third-order valence-electron chi connectivity index (χ3n) is 4.73. The molecular formula is C25H23N3O3S. The molecule has 32 heavy (non-hydrogen) atoms. The van der Waals surface area contributed by atoms with E-state index in [-0.39, 0.29) is 6.47 Å². The first kappa shape index (κ1) is 22.7. The Kier molecular flexibility index (Phi) is 8.11. The summed E-state index contributed by atoms with van der Waals surface area (Å²) in [5, 5.41) is 17.2. The Morgan fingerprint density at radius 2 is 1.34 bits per heavy atom. The Hall–Kier alpha value is -3.97. The zero-order chi connectivity index (χ0) is 22.7. The number of nitrogens with zero attached hydrogens (tertiary/aromatic N) is 2. The summed E-state index contributed by atoms with van der Waals surface area (Å²) >= 11 is 1.54. The number of oxime groups is 1. The normalized spacial score (nSPS) is 10.8. The minimum atomic E-state index is -0.586. The van der Waals surface area contributed by atoms with E-state index >= 15 is 0 Å². The van der Waals surface area contributed by atoms with Gasteiger partial charge in [0.05, 0.1) is 11.9 Å². The van der Waals surface area contributed by atoms with Crippen LogP contribution in [0.1, 0.15) is 22.4 Å². The highest BCUT2D eigenvalue weighted by Gasteiger charge is 2.37. The summed E-state index contributed by atoms with van der Waals surface area (Å²) in [6, 6.07) is 31.4. The maximum Gasteiger partial charge on any atom is 0.290 e. The molecule has 2 N–H and O–H groups in total. The number of rotatable bonds is 7. The van der Waals surface area contributed by atoms with E-state index in [0.29, 0.717) is 0 Å². The lowest BCUT2D eigenvalue weighted by Gasteiger charge is -2.36. The van der Waals surface area contributed by atoms with E-state index in [1.165, 1.54) is 7.11 Å². The van der Waals surface area contributed by atoms with Crippen molar-refractivity contribution in [3.8, 4) is 0 Å². The fraction of sp³-hybridized carbons (Fsp3) is 0.0800. The highest BCUT2D eigenvalue weighted by Crippen LogP contribution is 2.40. The van der Waals surface area contributed by atoms with Crippen molar-refractivity contribution < 1.29 is 14.7 Å². The molecule has 6 nitrogen and oxygen atoms in total. The van der Waals surface area contributed by atoms with Gasteiger partial charge in [0.1, 0.15) is 12.6 Å². The maximum absolute atomic E-state index is 8.36. The van der Waals surface area contributed by atoms with Crippen molar-refractivity contribution >= 4 is 29.2 Å². The smallest absolute Gasteiger partial charge is 0.290 e. The van der Waals surface area contributed by atoms with E-state index in [1.54, 1.807) is 17.6 Å². The summed E-state index contributed by atoms with van der Waals surface area (Å²) in [5.74, 6) is 0. The van der Waals surface area contributed by atoms with Gasteiger partial charge in [-0.3, -0.25) is 4.79 Å². The molecule has 0 amide bonds. The van der Waals surface area contributed by atoms with Gasteiger partial charge in [0, 0.05) is 5.38 Å². The predicted molar refractivity (Wildman–Crippen MR) is 128 cm³/mol. The fourth-order valence-electron chi connectivity index (χ4n) is 3.45. The minimum absolute atomic E-state index is 0.250. The van der Waals surface area contributed by atoms with Crippen LogP contribution in [0.3, 0.4) is 0 Å². The summed E-state index contributed by atoms with van der Waals surface area (Å²) in [4.78, 5) is 17.8. The molecule has 162 valence electrons. The highest BCUT2D eigenvalue weighted by atomic mass is 32.1. The van der Waals surface area contributed by atoms with E-state index in [2.05, 4.69) is 88.3 Å². The lowest BCUT2D eigenvalue weighted by molar-refractivity contribution is -0.122. The molecule has 4 rings (SSSR count). The first-order valence-corrected chi connectivity index (χ1v) is 10.7. The molecule has 0 spiro atoms. The largest absolute Gasteiger partial charge is 0.483 e. The van der Waals surface area contributed by atoms with Crippen molar-refractivity contribution in [1.82, 2.24) is 4.98 Å². The van der Waals surface area contributed by atoms with Crippen LogP contribution in [0.5, 0.6) is 0 Å². The van der Waals surface area contributed by atoms with Gasteiger partial charge in [-0.1, -0.05) is 96.2 Å². The second-order valence-electron chi connectivity index (χ2n) is 6.57. The number of thiazole rings is 1. The van der Waals surface area contributed by atoms with Gasteiger partial charge in [-0.05, 0) is 16.7 Å². The predicted octanol–water partition coefficient (Wildman–Crippen LogP) is 5.23. The Labute approximate surface area is 190 Å². The van der Waals surface area contributed by atoms with E-state index in [0.717, 1.165) is 27.5 Å². The third kappa shape index (κ3) is 5.19. The zero-order valence-electron chi connectivity index (χ0n) is 17.5. The van der Waals surface area contributed by atoms with Crippen LogP contribution < -0.4 is 5.32 Å². The number of benzene rings is 3. The van der Waals surface area contributed by atoms with Crippen molar-refractivity contribution in [1.29, 1.82) is 0 Å². The van der Waals surface area contributed by atoms with Crippen molar-refractivity contribution in [2.24, 2.45) is 5.16 Å². The minimum Gasteiger partial charge on any atom is -0.483 e. The van der Waals surface area contributed by atoms with Gasteiger partial charge in [-0.2, -0.15) is 0 Å². The molecule has 0 bridgehead atoms. The lowest BCUT2D eigenvalue weighted by atomic mass is 9.77. The number of carboxylic acid groups (broad SMARTS) is 1. The lowest BCUT2D eigenvalue weighted by Crippen LogP contribution is -2.38. The van der Waals surface area contributed by atoms with E-state index in [4.69, 9.17) is 14.7 Å². The molecule has 7 heteroatoms. The Morgan fingerprint density at radius 1 is 0.906 bits per heavy atom. The molecule has 0 aliphatic heterocycles. The van der Waals surface area contributed by atoms with Crippen LogP contribution in [-0.2, 0) is 15.2 Å². The number of hydrogen-bond donors (Lipinski definition) is 2. The summed E-state index contributed by atoms with van der Waals surface area (Å²) in [7, 11) is 1.52. The van der Waals surface area contributed by atoms with Crippen molar-refractivity contribution in [2.45, 2.75) is 5.54 Å². The Bertz CT molecular complexity index is 1020. The summed E-state index contributed by atoms with van der Waals surface area (Å²) < 4.78 is 0. The first-order valence-electron chi connectivity index (χ1n) is 9.79. The molecule has 0 saturated carbocycles. The van der Waals surface area contributed by atoms with Gasteiger partial charge >= 0.3 is 0 Å². The maximum atomic E-state index is 8.36. The second-order valence-corrected chi connectivity index (χ2v) is 7.43. The molecule has 4 aromatic rings. The quantitative estimate of drug-likeness (QED) is 0.176. The van der Waals surface area contributed by atoms with Crippen LogP contribution in [0.4, 0.5) is 5.13 Å². The molecule has 1 heterocycles. The molecular weight excluding hydrogens is 422 g/mol. The molecule has 0 aliphatic carbocycles. The molecule has 0 atom stereocenters. The van der Waals surface area contributed by atoms with Crippen molar-refractivity contribution in [3.63, 3.8) is 0 Å². The van der Waals surface area contributed by atoms with Crippen molar-refractivity contribution in [2.75, 3.05) is 12.4 Å². The number of anilines is 1. The average molecular weight is 446 g/mol. The molecule has 3 aromatic carbocycles. The molecule has 0 fully saturated rings. The number of hydrogen-bond acceptors (Lipinski definition) is 6. The van der Waals surface area contributed by atoms with Gasteiger partial charge < -0.3 is 15.3 Å². The van der Waals surface area contributed by atoms with E-state index in [1.807, 2.05) is 23.6 Å². The first-order chi connectivity index (χ1) is 15.7. The molecule has 1 aromatic heterocycles. The second kappa shape index (κ2) is 11.4. The van der Waals surface area contributed by atoms with Crippen LogP contribution in [-0.4, -0.2) is 29.9 Å². The van der Waals surface area contributed by atoms with Crippen LogP contribution in [0.15, 0.2) is 102 Å². The Morgan fingerprint density at radius 3 is 1.75 bits per heavy atom. The third-order valence-corrected chi connectivity index (χ3v) is 5.50. The van der Waals surface area contributed by atoms with Gasteiger partial charge in [-0.15, -0.1) is 11.3 Å². The highest BCUT2D eigenvalue weighted by molar-refractivity contribution is 7.13. The Balaban J connectivity index is 0.000000913. The monoisotopic (exact) mass is 445 g/mol. The SMILES string of the molecule is CO/N=C/c1csc(NC(c2ccccc2)(c2ccccc2)c2ccccc2)n1.O=CO. The fourth-order valence-corrected chi connectivity index (χ4v) is 4.17. The number of aromatic nitrogens is 1. The molecule has 0 aliphatic rings. The van der Waals surface area contributed by atoms with Gasteiger partial charge in [0.25, 0.3) is 6.47 Å². The standard InChI is InChI=1S/C24H21N3OS.CH2O2/c1-28-25-17-22-18-29-23(26-22)27-24(19-11-5-2-6-12-19,20-13-7-3-8-14-20)21-15-9-4-10-16-21;2-1-3/h2-18H,1H3,(H,26,27);1H,(H,2,3)/b25-17+;. The van der Waals surface area contributed by atoms with Crippen LogP contribution in [0.2, 0.25) is 0 Å². The average Bonchev–Trinajstić information content (AvgIpc) is 3.30.